The van der Waals surface area contributed by atoms with Gasteiger partial charge in [0.25, 0.3) is 0 Å². The predicted octanol–water partition coefficient (Wildman–Crippen LogP) is 3.94. The molecule has 0 spiro atoms. The largest absolute Gasteiger partial charge is 0.0878 e. The molecule has 0 atom stereocenters. The van der Waals surface area contributed by atoms with E-state index >= 15 is 0 Å². The summed E-state index contributed by atoms with van der Waals surface area (Å²) >= 11 is 0. The summed E-state index contributed by atoms with van der Waals surface area (Å²) in [4.78, 5) is 0. The highest BCUT2D eigenvalue weighted by molar-refractivity contribution is 4.92. The van der Waals surface area contributed by atoms with Gasteiger partial charge in [0, 0.05) is 6.42 Å². The van der Waals surface area contributed by atoms with Gasteiger partial charge >= 0.3 is 0 Å². The molecule has 1 heteroatoms. The van der Waals surface area contributed by atoms with Crippen molar-refractivity contribution in [3.63, 3.8) is 0 Å². The van der Waals surface area contributed by atoms with E-state index in [2.05, 4.69) is 12.8 Å². The van der Waals surface area contributed by atoms with E-state index in [4.69, 9.17) is 5.73 Å². The SMILES string of the molecule is CCCCCCCCCCCC#C[N]. The normalized spacial score (nSPS) is 9.50. The molecule has 0 aliphatic heterocycles. The first-order valence-electron chi connectivity index (χ1n) is 6.03. The van der Waals surface area contributed by atoms with Crippen molar-refractivity contribution >= 4 is 0 Å². The summed E-state index contributed by atoms with van der Waals surface area (Å²) in [6.45, 7) is 2.25. The first-order chi connectivity index (χ1) is 6.91. The van der Waals surface area contributed by atoms with Gasteiger partial charge in [-0.05, 0) is 6.42 Å². The van der Waals surface area contributed by atoms with Crippen LogP contribution < -0.4 is 5.73 Å². The Kier molecular flexibility index (Phi) is 11.8. The molecule has 0 rings (SSSR count). The Labute approximate surface area is 89.5 Å². The maximum Gasteiger partial charge on any atom is 0.0584 e. The van der Waals surface area contributed by atoms with E-state index < -0.39 is 0 Å². The molecule has 0 unspecified atom stereocenters. The Balaban J connectivity index is 2.87. The van der Waals surface area contributed by atoms with E-state index in [0.717, 1.165) is 12.8 Å². The van der Waals surface area contributed by atoms with Crippen LogP contribution in [0.5, 0.6) is 0 Å². The molecule has 1 nitrogen and oxygen atoms in total. The van der Waals surface area contributed by atoms with Crippen molar-refractivity contribution in [3.8, 4) is 12.0 Å². The Morgan fingerprint density at radius 2 is 1.29 bits per heavy atom. The molecular weight excluding hydrogens is 170 g/mol. The molecule has 0 aromatic heterocycles. The molecule has 80 valence electrons. The molecule has 0 aliphatic rings. The van der Waals surface area contributed by atoms with Gasteiger partial charge in [-0.1, -0.05) is 69.9 Å². The summed E-state index contributed by atoms with van der Waals surface area (Å²) in [6, 6.07) is 1.94. The molecule has 0 saturated carbocycles. The number of nitrogens with zero attached hydrogens (tertiary/aromatic N) is 1. The van der Waals surface area contributed by atoms with Crippen LogP contribution in [-0.4, -0.2) is 0 Å². The molecule has 0 heterocycles. The smallest absolute Gasteiger partial charge is 0.0584 e. The van der Waals surface area contributed by atoms with Gasteiger partial charge in [-0.25, -0.2) is 0 Å². The third kappa shape index (κ3) is 11.4. The monoisotopic (exact) mass is 193 g/mol. The Morgan fingerprint density at radius 3 is 1.79 bits per heavy atom. The van der Waals surface area contributed by atoms with E-state index in [1.54, 1.807) is 0 Å². The van der Waals surface area contributed by atoms with Crippen molar-refractivity contribution < 1.29 is 0 Å². The molecule has 0 N–H and O–H groups in total. The van der Waals surface area contributed by atoms with Crippen molar-refractivity contribution in [1.29, 1.82) is 0 Å². The average molecular weight is 193 g/mol. The van der Waals surface area contributed by atoms with Gasteiger partial charge in [0.2, 0.25) is 0 Å². The van der Waals surface area contributed by atoms with Gasteiger partial charge < -0.3 is 0 Å². The lowest BCUT2D eigenvalue weighted by Crippen LogP contribution is -1.80. The zero-order valence-corrected chi connectivity index (χ0v) is 9.52. The standard InChI is InChI=1S/C13H23N/c1-2-3-4-5-6-7-8-9-10-11-12-13-14/h2-11H2,1H3. The minimum absolute atomic E-state index is 0.854. The van der Waals surface area contributed by atoms with Crippen molar-refractivity contribution in [2.45, 2.75) is 71.1 Å². The molecule has 0 amide bonds. The molecule has 0 saturated heterocycles. The van der Waals surface area contributed by atoms with Gasteiger partial charge in [0.05, 0.1) is 6.04 Å². The minimum atomic E-state index is 0.854. The number of hydrogen-bond donors (Lipinski definition) is 0. The first kappa shape index (κ1) is 13.4. The highest BCUT2D eigenvalue weighted by Gasteiger charge is 1.90. The van der Waals surface area contributed by atoms with E-state index in [-0.39, 0.29) is 0 Å². The number of hydrogen-bond acceptors (Lipinski definition) is 0. The molecule has 0 bridgehead atoms. The zero-order valence-electron chi connectivity index (χ0n) is 9.52. The molecule has 2 radical (unpaired) electrons. The highest BCUT2D eigenvalue weighted by atomic mass is 14.4. The fourth-order valence-electron chi connectivity index (χ4n) is 1.58. The second kappa shape index (κ2) is 12.4. The second-order valence-corrected chi connectivity index (χ2v) is 3.87. The first-order valence-corrected chi connectivity index (χ1v) is 6.03. The Hall–Kier alpha value is -0.640. The van der Waals surface area contributed by atoms with Crippen LogP contribution in [-0.2, 0) is 0 Å². The highest BCUT2D eigenvalue weighted by Crippen LogP contribution is 2.09. The van der Waals surface area contributed by atoms with Crippen molar-refractivity contribution in [2.24, 2.45) is 0 Å². The number of rotatable bonds is 9. The van der Waals surface area contributed by atoms with Crippen LogP contribution >= 0.6 is 0 Å². The summed E-state index contributed by atoms with van der Waals surface area (Å²) < 4.78 is 0. The molecule has 0 aromatic rings. The van der Waals surface area contributed by atoms with Crippen LogP contribution in [0.2, 0.25) is 0 Å². The van der Waals surface area contributed by atoms with E-state index in [1.807, 2.05) is 6.04 Å². The van der Waals surface area contributed by atoms with Crippen molar-refractivity contribution in [1.82, 2.24) is 5.73 Å². The lowest BCUT2D eigenvalue weighted by atomic mass is 10.1. The van der Waals surface area contributed by atoms with Gasteiger partial charge in [0.15, 0.2) is 0 Å². The predicted molar refractivity (Wildman–Crippen MR) is 61.8 cm³/mol. The maximum absolute atomic E-state index is 8.23. The average Bonchev–Trinajstić information content (AvgIpc) is 2.21. The third-order valence-corrected chi connectivity index (χ3v) is 2.48. The summed E-state index contributed by atoms with van der Waals surface area (Å²) in [5.41, 5.74) is 8.23. The topological polar surface area (TPSA) is 22.3 Å². The summed E-state index contributed by atoms with van der Waals surface area (Å²) in [6.07, 6.45) is 12.9. The maximum atomic E-state index is 8.23. The third-order valence-electron chi connectivity index (χ3n) is 2.48. The summed E-state index contributed by atoms with van der Waals surface area (Å²) in [5.74, 6) is 2.67. The van der Waals surface area contributed by atoms with Crippen LogP contribution in [0.15, 0.2) is 0 Å². The van der Waals surface area contributed by atoms with Gasteiger partial charge in [-0.3, -0.25) is 0 Å². The van der Waals surface area contributed by atoms with Crippen molar-refractivity contribution in [3.05, 3.63) is 0 Å². The van der Waals surface area contributed by atoms with E-state index in [9.17, 15) is 0 Å². The fourth-order valence-corrected chi connectivity index (χ4v) is 1.58. The molecule has 0 aliphatic carbocycles. The van der Waals surface area contributed by atoms with Crippen LogP contribution in [0.1, 0.15) is 71.1 Å². The number of unbranched alkanes of at least 4 members (excludes halogenated alkanes) is 9. The summed E-state index contributed by atoms with van der Waals surface area (Å²) in [7, 11) is 0. The molecule has 0 fully saturated rings. The van der Waals surface area contributed by atoms with Gasteiger partial charge in [-0.15, -0.1) is 0 Å². The van der Waals surface area contributed by atoms with Crippen LogP contribution in [0.4, 0.5) is 0 Å². The van der Waals surface area contributed by atoms with E-state index in [1.165, 1.54) is 51.4 Å². The quantitative estimate of drug-likeness (QED) is 0.391. The summed E-state index contributed by atoms with van der Waals surface area (Å²) in [5, 5.41) is 0. The van der Waals surface area contributed by atoms with Crippen LogP contribution in [0.3, 0.4) is 0 Å². The zero-order chi connectivity index (χ0) is 10.5. The van der Waals surface area contributed by atoms with Crippen LogP contribution in [0, 0.1) is 12.0 Å². The molecular formula is C13H23N. The second-order valence-electron chi connectivity index (χ2n) is 3.87. The lowest BCUT2D eigenvalue weighted by molar-refractivity contribution is 0.567. The van der Waals surface area contributed by atoms with Crippen LogP contribution in [0.25, 0.3) is 0 Å². The molecule has 0 aromatic carbocycles. The molecule has 14 heavy (non-hydrogen) atoms. The fraction of sp³-hybridized carbons (Fsp3) is 0.846. The van der Waals surface area contributed by atoms with Gasteiger partial charge in [-0.2, -0.15) is 0 Å². The Bertz CT molecular complexity index is 152. The van der Waals surface area contributed by atoms with Gasteiger partial charge in [0.1, 0.15) is 0 Å². The van der Waals surface area contributed by atoms with Crippen molar-refractivity contribution in [2.75, 3.05) is 0 Å². The minimum Gasteiger partial charge on any atom is -0.0878 e. The van der Waals surface area contributed by atoms with E-state index in [0.29, 0.717) is 0 Å². The Morgan fingerprint density at radius 1 is 0.786 bits per heavy atom. The lowest BCUT2D eigenvalue weighted by Gasteiger charge is -1.99.